The molecule has 2 aromatic rings. The van der Waals surface area contributed by atoms with Gasteiger partial charge in [0.2, 0.25) is 5.91 Å². The lowest BCUT2D eigenvalue weighted by molar-refractivity contribution is -0.151. The standard InChI is InChI=1S/C33H48N2O5/c1-5-34-23-33(24-34,28-13-7-6-8-14-28)29-21-26(15-16-30(29)36)17-19-40-20-18-31(37)35(22-32(38-3)39-4)25(2)27-11-9-10-12-27/h6-8,13-16,21,25,27,32,36H,5,9-12,17-20,22-24H2,1-4H3. The Kier molecular flexibility index (Phi) is 11.0. The largest absolute Gasteiger partial charge is 0.508 e. The van der Waals surface area contributed by atoms with Crippen LogP contribution < -0.4 is 0 Å². The molecule has 4 rings (SSSR count). The minimum absolute atomic E-state index is 0.0840. The molecule has 7 nitrogen and oxygen atoms in total. The average Bonchev–Trinajstić information content (AvgIpc) is 3.50. The van der Waals surface area contributed by atoms with E-state index in [0.29, 0.717) is 37.8 Å². The number of methoxy groups -OCH3 is 2. The smallest absolute Gasteiger partial charge is 0.225 e. The number of phenolic OH excluding ortho intramolecular Hbond substituents is 1. The predicted octanol–water partition coefficient (Wildman–Crippen LogP) is 4.99. The number of hydrogen-bond acceptors (Lipinski definition) is 6. The van der Waals surface area contributed by atoms with Gasteiger partial charge in [-0.1, -0.05) is 62.2 Å². The molecule has 2 aliphatic rings. The first-order valence-electron chi connectivity index (χ1n) is 14.9. The molecule has 0 aromatic heterocycles. The number of hydrogen-bond donors (Lipinski definition) is 1. The van der Waals surface area contributed by atoms with Crippen LogP contribution in [0.2, 0.25) is 0 Å². The molecule has 1 aliphatic heterocycles. The molecule has 1 unspecified atom stereocenters. The van der Waals surface area contributed by atoms with Crippen molar-refractivity contribution in [2.45, 2.75) is 70.1 Å². The first-order valence-corrected chi connectivity index (χ1v) is 14.9. The number of benzene rings is 2. The second kappa shape index (κ2) is 14.4. The molecule has 1 amide bonds. The number of aromatic hydroxyl groups is 1. The molecule has 1 atom stereocenters. The van der Waals surface area contributed by atoms with Crippen LogP contribution in [-0.4, -0.2) is 86.8 Å². The third-order valence-corrected chi connectivity index (χ3v) is 9.10. The number of rotatable bonds is 15. The van der Waals surface area contributed by atoms with Crippen LogP contribution in [0.3, 0.4) is 0 Å². The molecule has 7 heteroatoms. The highest BCUT2D eigenvalue weighted by atomic mass is 16.7. The molecule has 2 fully saturated rings. The van der Waals surface area contributed by atoms with Crippen molar-refractivity contribution in [1.82, 2.24) is 9.80 Å². The Labute approximate surface area is 240 Å². The SMILES string of the molecule is CCN1CC(c2ccccc2)(c2cc(CCOCCC(=O)N(CC(OC)OC)C(C)C3CCCC3)ccc2O)C1. The van der Waals surface area contributed by atoms with E-state index in [1.54, 1.807) is 14.2 Å². The van der Waals surface area contributed by atoms with E-state index in [4.69, 9.17) is 14.2 Å². The van der Waals surface area contributed by atoms with E-state index in [0.717, 1.165) is 37.2 Å². The predicted molar refractivity (Wildman–Crippen MR) is 158 cm³/mol. The number of amides is 1. The van der Waals surface area contributed by atoms with Crippen molar-refractivity contribution in [1.29, 1.82) is 0 Å². The van der Waals surface area contributed by atoms with E-state index in [1.165, 1.54) is 31.2 Å². The van der Waals surface area contributed by atoms with Gasteiger partial charge in [-0.15, -0.1) is 0 Å². The number of nitrogens with zero attached hydrogens (tertiary/aromatic N) is 2. The third kappa shape index (κ3) is 7.06. The molecule has 0 bridgehead atoms. The number of carbonyl (C=O) groups excluding carboxylic acids is 1. The molecular weight excluding hydrogens is 504 g/mol. The fourth-order valence-electron chi connectivity index (χ4n) is 6.52. The minimum Gasteiger partial charge on any atom is -0.508 e. The highest BCUT2D eigenvalue weighted by Crippen LogP contribution is 2.44. The lowest BCUT2D eigenvalue weighted by atomic mass is 9.68. The topological polar surface area (TPSA) is 71.5 Å². The first-order chi connectivity index (χ1) is 19.4. The quantitative estimate of drug-likeness (QED) is 0.248. The molecule has 1 heterocycles. The van der Waals surface area contributed by atoms with Crippen LogP contribution in [0.25, 0.3) is 0 Å². The molecule has 1 saturated heterocycles. The van der Waals surface area contributed by atoms with E-state index in [9.17, 15) is 9.90 Å². The van der Waals surface area contributed by atoms with Gasteiger partial charge >= 0.3 is 0 Å². The Balaban J connectivity index is 1.33. The van der Waals surface area contributed by atoms with Gasteiger partial charge in [0.25, 0.3) is 0 Å². The van der Waals surface area contributed by atoms with Crippen LogP contribution in [0.15, 0.2) is 48.5 Å². The summed E-state index contributed by atoms with van der Waals surface area (Å²) in [5.74, 6) is 0.958. The van der Waals surface area contributed by atoms with Crippen LogP contribution in [0.5, 0.6) is 5.75 Å². The van der Waals surface area contributed by atoms with E-state index < -0.39 is 6.29 Å². The van der Waals surface area contributed by atoms with Crippen LogP contribution in [0.4, 0.5) is 0 Å². The summed E-state index contributed by atoms with van der Waals surface area (Å²) in [6.45, 7) is 8.45. The summed E-state index contributed by atoms with van der Waals surface area (Å²) in [5, 5.41) is 10.9. The number of phenols is 1. The van der Waals surface area contributed by atoms with Crippen molar-refractivity contribution >= 4 is 5.91 Å². The maximum Gasteiger partial charge on any atom is 0.225 e. The van der Waals surface area contributed by atoms with Gasteiger partial charge in [-0.2, -0.15) is 0 Å². The third-order valence-electron chi connectivity index (χ3n) is 9.10. The van der Waals surface area contributed by atoms with Crippen molar-refractivity contribution in [3.63, 3.8) is 0 Å². The minimum atomic E-state index is -0.434. The Morgan fingerprint density at radius 3 is 2.42 bits per heavy atom. The molecule has 0 spiro atoms. The summed E-state index contributed by atoms with van der Waals surface area (Å²) in [6, 6.07) is 16.6. The molecule has 1 N–H and O–H groups in total. The highest BCUT2D eigenvalue weighted by Gasteiger charge is 2.46. The molecule has 0 radical (unpaired) electrons. The van der Waals surface area contributed by atoms with Crippen LogP contribution in [0, 0.1) is 5.92 Å². The zero-order valence-corrected chi connectivity index (χ0v) is 24.8. The van der Waals surface area contributed by atoms with Crippen LogP contribution in [-0.2, 0) is 30.8 Å². The zero-order chi connectivity index (χ0) is 28.5. The highest BCUT2D eigenvalue weighted by molar-refractivity contribution is 5.76. The Morgan fingerprint density at radius 1 is 1.07 bits per heavy atom. The Bertz CT molecular complexity index is 1060. The van der Waals surface area contributed by atoms with Gasteiger partial charge in [0.15, 0.2) is 6.29 Å². The monoisotopic (exact) mass is 552 g/mol. The van der Waals surface area contributed by atoms with E-state index >= 15 is 0 Å². The van der Waals surface area contributed by atoms with Gasteiger partial charge in [-0.3, -0.25) is 4.79 Å². The zero-order valence-electron chi connectivity index (χ0n) is 24.8. The second-order valence-corrected chi connectivity index (χ2v) is 11.4. The summed E-state index contributed by atoms with van der Waals surface area (Å²) < 4.78 is 16.8. The molecule has 220 valence electrons. The van der Waals surface area contributed by atoms with Gasteiger partial charge in [0.1, 0.15) is 5.75 Å². The van der Waals surface area contributed by atoms with E-state index in [1.807, 2.05) is 23.1 Å². The summed E-state index contributed by atoms with van der Waals surface area (Å²) in [6.07, 6.45) is 5.44. The second-order valence-electron chi connectivity index (χ2n) is 11.4. The van der Waals surface area contributed by atoms with Crippen molar-refractivity contribution in [3.8, 4) is 5.75 Å². The van der Waals surface area contributed by atoms with Gasteiger partial charge < -0.3 is 29.1 Å². The van der Waals surface area contributed by atoms with E-state index in [-0.39, 0.29) is 17.4 Å². The van der Waals surface area contributed by atoms with Crippen molar-refractivity contribution in [2.24, 2.45) is 5.92 Å². The maximum absolute atomic E-state index is 13.3. The van der Waals surface area contributed by atoms with Crippen molar-refractivity contribution in [3.05, 3.63) is 65.2 Å². The van der Waals surface area contributed by atoms with E-state index in [2.05, 4.69) is 49.1 Å². The normalized spacial score (nSPS) is 18.1. The molecule has 40 heavy (non-hydrogen) atoms. The molecule has 2 aromatic carbocycles. The average molecular weight is 553 g/mol. The number of likely N-dealkylation sites (tertiary alicyclic amines) is 1. The molecule has 1 saturated carbocycles. The van der Waals surface area contributed by atoms with Gasteiger partial charge in [-0.25, -0.2) is 0 Å². The van der Waals surface area contributed by atoms with Crippen molar-refractivity contribution < 1.29 is 24.1 Å². The lowest BCUT2D eigenvalue weighted by Crippen LogP contribution is -2.59. The number of ether oxygens (including phenoxy) is 3. The van der Waals surface area contributed by atoms with Gasteiger partial charge in [0, 0.05) is 44.3 Å². The lowest BCUT2D eigenvalue weighted by Gasteiger charge is -2.51. The summed E-state index contributed by atoms with van der Waals surface area (Å²) >= 11 is 0. The summed E-state index contributed by atoms with van der Waals surface area (Å²) in [7, 11) is 3.22. The summed E-state index contributed by atoms with van der Waals surface area (Å²) in [4.78, 5) is 17.6. The maximum atomic E-state index is 13.3. The summed E-state index contributed by atoms with van der Waals surface area (Å²) in [5.41, 5.74) is 3.15. The van der Waals surface area contributed by atoms with Crippen LogP contribution >= 0.6 is 0 Å². The molecule has 1 aliphatic carbocycles. The Morgan fingerprint density at radius 2 is 1.77 bits per heavy atom. The Hall–Kier alpha value is -2.45. The van der Waals surface area contributed by atoms with Crippen LogP contribution in [0.1, 0.15) is 62.6 Å². The van der Waals surface area contributed by atoms with Gasteiger partial charge in [-0.05, 0) is 55.8 Å². The number of carbonyl (C=O) groups is 1. The number of likely N-dealkylation sites (N-methyl/N-ethyl adjacent to an activating group) is 1. The fourth-order valence-corrected chi connectivity index (χ4v) is 6.52. The first kappa shape index (κ1) is 30.5. The fraction of sp³-hybridized carbons (Fsp3) is 0.606. The molecular formula is C33H48N2O5. The van der Waals surface area contributed by atoms with Gasteiger partial charge in [0.05, 0.1) is 26.2 Å². The van der Waals surface area contributed by atoms with Crippen molar-refractivity contribution in [2.75, 3.05) is 53.6 Å².